The number of likely N-dealkylation sites (tertiary alicyclic amines) is 1. The minimum absolute atomic E-state index is 0.534. The summed E-state index contributed by atoms with van der Waals surface area (Å²) in [6.07, 6.45) is 12.2. The molecular formula is C19H31N3. The number of pyridine rings is 1. The molecular weight excluding hydrogens is 270 g/mol. The van der Waals surface area contributed by atoms with Crippen molar-refractivity contribution in [2.45, 2.75) is 57.5 Å². The molecule has 2 aliphatic rings. The monoisotopic (exact) mass is 301 g/mol. The maximum atomic E-state index is 4.32. The molecule has 2 heterocycles. The third-order valence-electron chi connectivity index (χ3n) is 5.83. The van der Waals surface area contributed by atoms with E-state index in [-0.39, 0.29) is 0 Å². The Morgan fingerprint density at radius 3 is 3.00 bits per heavy atom. The second kappa shape index (κ2) is 7.56. The fourth-order valence-corrected chi connectivity index (χ4v) is 4.48. The fraction of sp³-hybridized carbons (Fsp3) is 0.737. The number of hydrogen-bond acceptors (Lipinski definition) is 3. The van der Waals surface area contributed by atoms with Crippen molar-refractivity contribution in [1.29, 1.82) is 0 Å². The van der Waals surface area contributed by atoms with Crippen LogP contribution in [0.25, 0.3) is 0 Å². The van der Waals surface area contributed by atoms with Crippen molar-refractivity contribution in [3.05, 3.63) is 30.1 Å². The Morgan fingerprint density at radius 2 is 2.23 bits per heavy atom. The molecule has 1 aromatic heterocycles. The second-order valence-electron chi connectivity index (χ2n) is 7.31. The lowest BCUT2D eigenvalue weighted by Gasteiger charge is -2.31. The average Bonchev–Trinajstić information content (AvgIpc) is 2.94. The topological polar surface area (TPSA) is 28.2 Å². The molecule has 3 heteroatoms. The molecule has 0 radical (unpaired) electrons. The highest BCUT2D eigenvalue weighted by molar-refractivity contribution is 5.17. The quantitative estimate of drug-likeness (QED) is 0.900. The summed E-state index contributed by atoms with van der Waals surface area (Å²) in [6, 6.07) is 5.59. The van der Waals surface area contributed by atoms with Gasteiger partial charge in [0, 0.05) is 31.0 Å². The molecule has 3 nitrogen and oxygen atoms in total. The standard InChI is InChI=1S/C19H31N3/c1-3-15-6-4-8-18(12-15)21-14-17-9-11-22(2)19(17)16-7-5-10-20-13-16/h5,7,10,13,15,17-19,21H,3-4,6,8-9,11-12,14H2,1-2H3/t15-,17+,18-,19+/m1/s1. The summed E-state index contributed by atoms with van der Waals surface area (Å²) in [5.41, 5.74) is 1.38. The lowest BCUT2D eigenvalue weighted by atomic mass is 9.84. The number of hydrogen-bond donors (Lipinski definition) is 1. The molecule has 0 amide bonds. The van der Waals surface area contributed by atoms with Crippen LogP contribution in [0, 0.1) is 11.8 Å². The lowest BCUT2D eigenvalue weighted by Crippen LogP contribution is -2.38. The van der Waals surface area contributed by atoms with E-state index in [1.54, 1.807) is 0 Å². The highest BCUT2D eigenvalue weighted by Gasteiger charge is 2.33. The van der Waals surface area contributed by atoms with E-state index in [4.69, 9.17) is 0 Å². The van der Waals surface area contributed by atoms with Crippen LogP contribution in [0.1, 0.15) is 57.1 Å². The number of nitrogens with one attached hydrogen (secondary N) is 1. The van der Waals surface area contributed by atoms with Gasteiger partial charge in [0.05, 0.1) is 0 Å². The Kier molecular flexibility index (Phi) is 5.48. The van der Waals surface area contributed by atoms with E-state index in [1.165, 1.54) is 50.6 Å². The van der Waals surface area contributed by atoms with Gasteiger partial charge in [0.1, 0.15) is 0 Å². The zero-order valence-electron chi connectivity index (χ0n) is 14.2. The predicted molar refractivity (Wildman–Crippen MR) is 91.8 cm³/mol. The summed E-state index contributed by atoms with van der Waals surface area (Å²) in [5, 5.41) is 3.90. The number of aromatic nitrogens is 1. The first-order chi connectivity index (χ1) is 10.8. The van der Waals surface area contributed by atoms with Gasteiger partial charge in [0.25, 0.3) is 0 Å². The molecule has 22 heavy (non-hydrogen) atoms. The summed E-state index contributed by atoms with van der Waals surface area (Å²) < 4.78 is 0. The van der Waals surface area contributed by atoms with Crippen LogP contribution in [0.3, 0.4) is 0 Å². The summed E-state index contributed by atoms with van der Waals surface area (Å²) in [4.78, 5) is 6.82. The van der Waals surface area contributed by atoms with Gasteiger partial charge in [0.15, 0.2) is 0 Å². The molecule has 1 aliphatic heterocycles. The molecule has 1 aliphatic carbocycles. The summed E-state index contributed by atoms with van der Waals surface area (Å²) in [6.45, 7) is 4.70. The second-order valence-corrected chi connectivity index (χ2v) is 7.31. The van der Waals surface area contributed by atoms with E-state index in [0.717, 1.165) is 24.4 Å². The smallest absolute Gasteiger partial charge is 0.0401 e. The normalized spacial score (nSPS) is 33.2. The van der Waals surface area contributed by atoms with E-state index in [0.29, 0.717) is 6.04 Å². The van der Waals surface area contributed by atoms with E-state index in [2.05, 4.69) is 41.3 Å². The molecule has 2 fully saturated rings. The summed E-state index contributed by atoms with van der Waals surface area (Å²) in [5.74, 6) is 1.67. The highest BCUT2D eigenvalue weighted by atomic mass is 15.2. The van der Waals surface area contributed by atoms with Gasteiger partial charge in [-0.05, 0) is 56.3 Å². The van der Waals surface area contributed by atoms with Gasteiger partial charge in [0.2, 0.25) is 0 Å². The van der Waals surface area contributed by atoms with E-state index in [9.17, 15) is 0 Å². The molecule has 3 rings (SSSR count). The van der Waals surface area contributed by atoms with E-state index < -0.39 is 0 Å². The van der Waals surface area contributed by atoms with Crippen molar-refractivity contribution in [1.82, 2.24) is 15.2 Å². The minimum Gasteiger partial charge on any atom is -0.314 e. The molecule has 0 bridgehead atoms. The maximum absolute atomic E-state index is 4.32. The predicted octanol–water partition coefficient (Wildman–Crippen LogP) is 3.63. The van der Waals surface area contributed by atoms with Gasteiger partial charge in [-0.25, -0.2) is 0 Å². The van der Waals surface area contributed by atoms with Crippen molar-refractivity contribution >= 4 is 0 Å². The zero-order valence-corrected chi connectivity index (χ0v) is 14.2. The van der Waals surface area contributed by atoms with Crippen LogP contribution < -0.4 is 5.32 Å². The molecule has 1 aromatic rings. The number of nitrogens with zero attached hydrogens (tertiary/aromatic N) is 2. The van der Waals surface area contributed by atoms with Crippen molar-refractivity contribution in [3.8, 4) is 0 Å². The van der Waals surface area contributed by atoms with Gasteiger partial charge >= 0.3 is 0 Å². The first-order valence-electron chi connectivity index (χ1n) is 9.11. The molecule has 0 spiro atoms. The van der Waals surface area contributed by atoms with Gasteiger partial charge in [-0.15, -0.1) is 0 Å². The Morgan fingerprint density at radius 1 is 1.32 bits per heavy atom. The van der Waals surface area contributed by atoms with Gasteiger partial charge in [-0.3, -0.25) is 9.88 Å². The lowest BCUT2D eigenvalue weighted by molar-refractivity contribution is 0.241. The van der Waals surface area contributed by atoms with Crippen molar-refractivity contribution in [3.63, 3.8) is 0 Å². The SMILES string of the molecule is CC[C@@H]1CCC[C@@H](NC[C@@H]2CCN(C)[C@H]2c2cccnc2)C1. The fourth-order valence-electron chi connectivity index (χ4n) is 4.48. The maximum Gasteiger partial charge on any atom is 0.0401 e. The molecule has 1 saturated carbocycles. The van der Waals surface area contributed by atoms with Crippen LogP contribution in [0.2, 0.25) is 0 Å². The summed E-state index contributed by atoms with van der Waals surface area (Å²) in [7, 11) is 2.26. The highest BCUT2D eigenvalue weighted by Crippen LogP contribution is 2.35. The minimum atomic E-state index is 0.534. The van der Waals surface area contributed by atoms with Crippen molar-refractivity contribution in [2.75, 3.05) is 20.1 Å². The molecule has 1 N–H and O–H groups in total. The van der Waals surface area contributed by atoms with Gasteiger partial charge < -0.3 is 5.32 Å². The molecule has 122 valence electrons. The zero-order chi connectivity index (χ0) is 15.4. The van der Waals surface area contributed by atoms with E-state index in [1.807, 2.05) is 12.4 Å². The molecule has 4 atom stereocenters. The molecule has 1 saturated heterocycles. The van der Waals surface area contributed by atoms with Crippen LogP contribution in [-0.2, 0) is 0 Å². The number of rotatable bonds is 5. The first kappa shape index (κ1) is 15.9. The van der Waals surface area contributed by atoms with Crippen molar-refractivity contribution in [2.24, 2.45) is 11.8 Å². The Bertz CT molecular complexity index is 447. The Balaban J connectivity index is 1.57. The van der Waals surface area contributed by atoms with Crippen LogP contribution in [0.15, 0.2) is 24.5 Å². The third-order valence-corrected chi connectivity index (χ3v) is 5.83. The largest absolute Gasteiger partial charge is 0.314 e. The van der Waals surface area contributed by atoms with Crippen LogP contribution in [-0.4, -0.2) is 36.1 Å². The van der Waals surface area contributed by atoms with E-state index >= 15 is 0 Å². The summed E-state index contributed by atoms with van der Waals surface area (Å²) >= 11 is 0. The first-order valence-corrected chi connectivity index (χ1v) is 9.11. The van der Waals surface area contributed by atoms with Crippen LogP contribution in [0.4, 0.5) is 0 Å². The van der Waals surface area contributed by atoms with Crippen molar-refractivity contribution < 1.29 is 0 Å². The van der Waals surface area contributed by atoms with Crippen LogP contribution >= 0.6 is 0 Å². The third kappa shape index (κ3) is 3.69. The van der Waals surface area contributed by atoms with Gasteiger partial charge in [-0.1, -0.05) is 32.3 Å². The van der Waals surface area contributed by atoms with Gasteiger partial charge in [-0.2, -0.15) is 0 Å². The molecule has 0 unspecified atom stereocenters. The Labute approximate surface area is 135 Å². The van der Waals surface area contributed by atoms with Crippen LogP contribution in [0.5, 0.6) is 0 Å². The Hall–Kier alpha value is -0.930. The average molecular weight is 301 g/mol. The molecule has 0 aromatic carbocycles.